The first-order valence-electron chi connectivity index (χ1n) is 12.3. The van der Waals surface area contributed by atoms with Gasteiger partial charge in [-0.15, -0.1) is 0 Å². The predicted octanol–water partition coefficient (Wildman–Crippen LogP) is 6.16. The third-order valence-corrected chi connectivity index (χ3v) is 9.93. The number of carbonyl (C=O) groups excluding carboxylic acids is 1. The lowest BCUT2D eigenvalue weighted by atomic mass is 10.2. The molecule has 0 aliphatic heterocycles. The zero-order valence-corrected chi connectivity index (χ0v) is 24.3. The molecule has 2 atom stereocenters. The molecule has 4 rings (SSSR count). The maximum atomic E-state index is 13.9. The summed E-state index contributed by atoms with van der Waals surface area (Å²) in [7, 11) is -8.19. The second kappa shape index (κ2) is 13.6. The van der Waals surface area contributed by atoms with Crippen LogP contribution in [0, 0.1) is 43.7 Å². The van der Waals surface area contributed by atoms with Crippen molar-refractivity contribution in [2.24, 2.45) is 0 Å². The standard InChI is InChI=1S/C15H13F2NO3S.C15H11F2NO2S/c1-10-2-5-12(6-3-10)22(20,21)15(18-9-19)13-7-4-11(16)8-14(13)17;1-10-3-6-12(7-4-10)21(19,20)15(18-2)13-9-11(16)5-8-14(13)17/h2-9,15H,1H3,(H,18,19);3-9,15H,1H3. The molecule has 224 valence electrons. The molecular weight excluding hydrogens is 608 g/mol. The van der Waals surface area contributed by atoms with Crippen LogP contribution in [-0.2, 0) is 24.5 Å². The molecule has 0 heterocycles. The number of nitrogens with zero attached hydrogens (tertiary/aromatic N) is 1. The van der Waals surface area contributed by atoms with E-state index in [9.17, 15) is 39.2 Å². The van der Waals surface area contributed by atoms with Gasteiger partial charge in [-0.1, -0.05) is 41.5 Å². The second-order valence-corrected chi connectivity index (χ2v) is 13.2. The van der Waals surface area contributed by atoms with Crippen LogP contribution < -0.4 is 5.32 Å². The van der Waals surface area contributed by atoms with Gasteiger partial charge in [-0.3, -0.25) is 9.64 Å². The lowest BCUT2D eigenvalue weighted by Gasteiger charge is -2.18. The smallest absolute Gasteiger partial charge is 0.338 e. The minimum Gasteiger partial charge on any atom is -0.338 e. The molecule has 43 heavy (non-hydrogen) atoms. The molecule has 0 aromatic heterocycles. The molecule has 0 bridgehead atoms. The molecule has 4 aromatic carbocycles. The maximum absolute atomic E-state index is 13.9. The highest BCUT2D eigenvalue weighted by molar-refractivity contribution is 7.92. The summed E-state index contributed by atoms with van der Waals surface area (Å²) in [4.78, 5) is 13.5. The van der Waals surface area contributed by atoms with Crippen molar-refractivity contribution in [2.45, 2.75) is 34.4 Å². The van der Waals surface area contributed by atoms with Crippen molar-refractivity contribution in [3.05, 3.63) is 142 Å². The molecular formula is C30H24F4N2O5S2. The highest BCUT2D eigenvalue weighted by atomic mass is 32.2. The lowest BCUT2D eigenvalue weighted by Crippen LogP contribution is -2.28. The molecule has 7 nitrogen and oxygen atoms in total. The molecule has 0 aliphatic carbocycles. The van der Waals surface area contributed by atoms with E-state index >= 15 is 0 Å². The Morgan fingerprint density at radius 2 is 1.16 bits per heavy atom. The molecule has 0 saturated carbocycles. The largest absolute Gasteiger partial charge is 0.353 e. The number of rotatable bonds is 8. The molecule has 0 aliphatic rings. The highest BCUT2D eigenvalue weighted by Crippen LogP contribution is 2.32. The van der Waals surface area contributed by atoms with E-state index in [0.717, 1.165) is 41.5 Å². The normalized spacial score (nSPS) is 12.7. The highest BCUT2D eigenvalue weighted by Gasteiger charge is 2.37. The van der Waals surface area contributed by atoms with E-state index in [-0.39, 0.29) is 21.8 Å². The van der Waals surface area contributed by atoms with E-state index in [2.05, 4.69) is 10.2 Å². The molecule has 2 unspecified atom stereocenters. The summed E-state index contributed by atoms with van der Waals surface area (Å²) in [5.41, 5.74) is 0.900. The number of aryl methyl sites for hydroxylation is 2. The Balaban J connectivity index is 0.000000236. The van der Waals surface area contributed by atoms with Crippen LogP contribution in [-0.4, -0.2) is 23.2 Å². The average molecular weight is 633 g/mol. The number of hydrogen-bond donors (Lipinski definition) is 1. The van der Waals surface area contributed by atoms with Gasteiger partial charge in [-0.25, -0.2) is 41.0 Å². The van der Waals surface area contributed by atoms with Crippen molar-refractivity contribution in [3.63, 3.8) is 0 Å². The molecule has 0 saturated heterocycles. The minimum absolute atomic E-state index is 0.0684. The first-order chi connectivity index (χ1) is 20.2. The summed E-state index contributed by atoms with van der Waals surface area (Å²) in [5, 5.41) is -1.36. The van der Waals surface area contributed by atoms with Gasteiger partial charge in [0, 0.05) is 11.6 Å². The van der Waals surface area contributed by atoms with Gasteiger partial charge in [0.05, 0.1) is 15.4 Å². The maximum Gasteiger partial charge on any atom is 0.353 e. The van der Waals surface area contributed by atoms with Crippen molar-refractivity contribution < 1.29 is 39.2 Å². The van der Waals surface area contributed by atoms with E-state index in [0.29, 0.717) is 6.07 Å². The Morgan fingerprint density at radius 3 is 1.65 bits per heavy atom. The van der Waals surface area contributed by atoms with Gasteiger partial charge in [-0.05, 0) is 62.4 Å². The summed E-state index contributed by atoms with van der Waals surface area (Å²) < 4.78 is 104. The SMILES string of the molecule is Cc1ccc(S(=O)(=O)C(NC=O)c2ccc(F)cc2F)cc1.[C-]#[N+]C(c1cc(F)ccc1F)S(=O)(=O)c1ccc(C)cc1. The molecule has 0 fully saturated rings. The van der Waals surface area contributed by atoms with Gasteiger partial charge in [0.1, 0.15) is 23.3 Å². The van der Waals surface area contributed by atoms with Crippen LogP contribution in [0.5, 0.6) is 0 Å². The number of sulfone groups is 2. The lowest BCUT2D eigenvalue weighted by molar-refractivity contribution is -0.109. The van der Waals surface area contributed by atoms with E-state index in [1.165, 1.54) is 24.3 Å². The third-order valence-electron chi connectivity index (χ3n) is 6.11. The van der Waals surface area contributed by atoms with Crippen LogP contribution >= 0.6 is 0 Å². The Bertz CT molecular complexity index is 1880. The fraction of sp³-hybridized carbons (Fsp3) is 0.133. The Morgan fingerprint density at radius 1 is 0.674 bits per heavy atom. The zero-order chi connectivity index (χ0) is 31.9. The van der Waals surface area contributed by atoms with Gasteiger partial charge >= 0.3 is 5.37 Å². The number of carbonyl (C=O) groups is 1. The first kappa shape index (κ1) is 33.0. The summed E-state index contributed by atoms with van der Waals surface area (Å²) in [6.07, 6.45) is 0.166. The average Bonchev–Trinajstić information content (AvgIpc) is 2.95. The van der Waals surface area contributed by atoms with E-state index in [4.69, 9.17) is 6.57 Å². The number of halogens is 4. The van der Waals surface area contributed by atoms with Crippen LogP contribution in [0.1, 0.15) is 33.0 Å². The van der Waals surface area contributed by atoms with Crippen LogP contribution in [0.4, 0.5) is 17.6 Å². The molecule has 1 amide bonds. The Hall–Kier alpha value is -4.54. The number of hydrogen-bond acceptors (Lipinski definition) is 5. The van der Waals surface area contributed by atoms with Gasteiger partial charge in [0.15, 0.2) is 5.37 Å². The molecule has 0 spiro atoms. The summed E-state index contributed by atoms with van der Waals surface area (Å²) in [6, 6.07) is 16.7. The van der Waals surface area contributed by atoms with Crippen LogP contribution in [0.25, 0.3) is 4.85 Å². The minimum atomic E-state index is -4.12. The monoisotopic (exact) mass is 632 g/mol. The van der Waals surface area contributed by atoms with Gasteiger partial charge in [-0.2, -0.15) is 0 Å². The van der Waals surface area contributed by atoms with E-state index in [1.807, 2.05) is 0 Å². The Labute approximate surface area is 246 Å². The van der Waals surface area contributed by atoms with Crippen molar-refractivity contribution in [2.75, 3.05) is 0 Å². The van der Waals surface area contributed by atoms with Gasteiger partial charge in [0.25, 0.3) is 9.84 Å². The quantitative estimate of drug-likeness (QED) is 0.143. The number of amides is 1. The van der Waals surface area contributed by atoms with Crippen LogP contribution in [0.15, 0.2) is 94.7 Å². The fourth-order valence-corrected chi connectivity index (χ4v) is 6.83. The summed E-state index contributed by atoms with van der Waals surface area (Å²) in [5.74, 6) is -3.60. The fourth-order valence-electron chi connectivity index (χ4n) is 3.85. The van der Waals surface area contributed by atoms with Crippen molar-refractivity contribution >= 4 is 26.1 Å². The molecule has 4 aromatic rings. The van der Waals surface area contributed by atoms with Crippen molar-refractivity contribution in [1.29, 1.82) is 0 Å². The number of benzene rings is 4. The topological polar surface area (TPSA) is 102 Å². The Kier molecular flexibility index (Phi) is 10.4. The van der Waals surface area contributed by atoms with Crippen molar-refractivity contribution in [1.82, 2.24) is 5.32 Å². The molecule has 13 heteroatoms. The van der Waals surface area contributed by atoms with Crippen LogP contribution in [0.2, 0.25) is 0 Å². The van der Waals surface area contributed by atoms with E-state index in [1.54, 1.807) is 38.1 Å². The second-order valence-electron chi connectivity index (χ2n) is 9.19. The molecule has 1 N–H and O–H groups in total. The summed E-state index contributed by atoms with van der Waals surface area (Å²) >= 11 is 0. The van der Waals surface area contributed by atoms with Crippen molar-refractivity contribution in [3.8, 4) is 0 Å². The third kappa shape index (κ3) is 7.65. The van der Waals surface area contributed by atoms with E-state index < -0.39 is 59.3 Å². The summed E-state index contributed by atoms with van der Waals surface area (Å²) in [6.45, 7) is 10.6. The zero-order valence-electron chi connectivity index (χ0n) is 22.6. The molecule has 0 radical (unpaired) electrons. The first-order valence-corrected chi connectivity index (χ1v) is 15.4. The predicted molar refractivity (Wildman–Crippen MR) is 151 cm³/mol. The van der Waals surface area contributed by atoms with Crippen LogP contribution in [0.3, 0.4) is 0 Å². The van der Waals surface area contributed by atoms with Gasteiger partial charge < -0.3 is 5.32 Å². The van der Waals surface area contributed by atoms with Gasteiger partial charge in [0.2, 0.25) is 16.2 Å². The number of nitrogens with one attached hydrogen (secondary N) is 1.